The summed E-state index contributed by atoms with van der Waals surface area (Å²) in [6, 6.07) is 12.0. The highest BCUT2D eigenvalue weighted by atomic mass is 32.2. The fourth-order valence-electron chi connectivity index (χ4n) is 3.08. The van der Waals surface area contributed by atoms with E-state index in [0.717, 1.165) is 42.5 Å². The highest BCUT2D eigenvalue weighted by molar-refractivity contribution is 8.00. The number of ether oxygens (including phenoxy) is 1. The molecule has 0 aliphatic carbocycles. The van der Waals surface area contributed by atoms with Gasteiger partial charge < -0.3 is 19.8 Å². The van der Waals surface area contributed by atoms with Crippen LogP contribution in [0.1, 0.15) is 31.1 Å². The Kier molecular flexibility index (Phi) is 7.10. The number of aliphatic imine (C=N–C) groups is 1. The van der Waals surface area contributed by atoms with Crippen LogP contribution in [0.4, 0.5) is 0 Å². The average Bonchev–Trinajstić information content (AvgIpc) is 3.36. The molecular weight excluding hydrogens is 358 g/mol. The summed E-state index contributed by atoms with van der Waals surface area (Å²) in [4.78, 5) is 4.77. The monoisotopic (exact) mass is 387 g/mol. The van der Waals surface area contributed by atoms with Crippen molar-refractivity contribution < 1.29 is 9.15 Å². The largest absolute Gasteiger partial charge is 0.497 e. The van der Waals surface area contributed by atoms with Crippen LogP contribution in [0.15, 0.2) is 52.1 Å². The molecule has 1 aromatic carbocycles. The predicted octanol–water partition coefficient (Wildman–Crippen LogP) is 3.85. The molecule has 1 aliphatic heterocycles. The zero-order chi connectivity index (χ0) is 19.0. The minimum absolute atomic E-state index is 0.295. The summed E-state index contributed by atoms with van der Waals surface area (Å²) in [5.74, 6) is 3.95. The third-order valence-electron chi connectivity index (χ3n) is 4.75. The van der Waals surface area contributed by atoms with E-state index in [1.165, 1.54) is 18.6 Å². The number of guanidine groups is 1. The van der Waals surface area contributed by atoms with Gasteiger partial charge in [0.1, 0.15) is 11.5 Å². The number of hydrogen-bond acceptors (Lipinski definition) is 4. The first-order valence-corrected chi connectivity index (χ1v) is 10.5. The van der Waals surface area contributed by atoms with Crippen LogP contribution in [0.25, 0.3) is 0 Å². The number of nitrogens with zero attached hydrogens (tertiary/aromatic N) is 1. The van der Waals surface area contributed by atoms with E-state index < -0.39 is 0 Å². The number of furan rings is 1. The van der Waals surface area contributed by atoms with Crippen LogP contribution in [-0.4, -0.2) is 36.7 Å². The van der Waals surface area contributed by atoms with E-state index in [-0.39, 0.29) is 0 Å². The van der Waals surface area contributed by atoms with E-state index in [0.29, 0.717) is 11.3 Å². The van der Waals surface area contributed by atoms with E-state index in [9.17, 15) is 0 Å². The number of benzene rings is 1. The Morgan fingerprint density at radius 2 is 2.11 bits per heavy atom. The van der Waals surface area contributed by atoms with E-state index in [1.54, 1.807) is 13.4 Å². The van der Waals surface area contributed by atoms with Crippen LogP contribution < -0.4 is 15.4 Å². The molecule has 2 heterocycles. The SMILES string of the molecule is COc1ccc(CN=C(NCCc2ccco2)NCC2(C)CCCS2)cc1. The van der Waals surface area contributed by atoms with Gasteiger partial charge in [-0.1, -0.05) is 12.1 Å². The van der Waals surface area contributed by atoms with Crippen LogP contribution in [-0.2, 0) is 13.0 Å². The summed E-state index contributed by atoms with van der Waals surface area (Å²) < 4.78 is 10.9. The third-order valence-corrected chi connectivity index (χ3v) is 6.29. The molecular formula is C21H29N3O2S. The molecule has 5 nitrogen and oxygen atoms in total. The lowest BCUT2D eigenvalue weighted by atomic mass is 10.1. The van der Waals surface area contributed by atoms with Crippen LogP contribution in [0.5, 0.6) is 5.75 Å². The molecule has 0 saturated carbocycles. The molecule has 0 bridgehead atoms. The van der Waals surface area contributed by atoms with Crippen molar-refractivity contribution in [2.45, 2.75) is 37.5 Å². The first-order valence-electron chi connectivity index (χ1n) is 9.48. The molecule has 146 valence electrons. The van der Waals surface area contributed by atoms with Crippen molar-refractivity contribution in [3.63, 3.8) is 0 Å². The Labute approximate surface area is 166 Å². The second-order valence-corrected chi connectivity index (χ2v) is 8.71. The van der Waals surface area contributed by atoms with E-state index in [1.807, 2.05) is 24.3 Å². The van der Waals surface area contributed by atoms with Gasteiger partial charge in [0.05, 0.1) is 19.9 Å². The molecule has 2 aromatic rings. The molecule has 0 spiro atoms. The van der Waals surface area contributed by atoms with Gasteiger partial charge in [0.2, 0.25) is 0 Å². The Balaban J connectivity index is 1.57. The maximum atomic E-state index is 5.41. The molecule has 1 aromatic heterocycles. The van der Waals surface area contributed by atoms with Crippen molar-refractivity contribution in [3.8, 4) is 5.75 Å². The zero-order valence-corrected chi connectivity index (χ0v) is 17.0. The summed E-state index contributed by atoms with van der Waals surface area (Å²) in [6.07, 6.45) is 5.10. The summed E-state index contributed by atoms with van der Waals surface area (Å²) in [5.41, 5.74) is 1.16. The van der Waals surface area contributed by atoms with Crippen molar-refractivity contribution >= 4 is 17.7 Å². The average molecular weight is 388 g/mol. The summed E-state index contributed by atoms with van der Waals surface area (Å²) >= 11 is 2.05. The fraction of sp³-hybridized carbons (Fsp3) is 0.476. The molecule has 2 N–H and O–H groups in total. The molecule has 27 heavy (non-hydrogen) atoms. The number of nitrogens with one attached hydrogen (secondary N) is 2. The molecule has 1 aliphatic rings. The van der Waals surface area contributed by atoms with Gasteiger partial charge in [-0.25, -0.2) is 4.99 Å². The van der Waals surface area contributed by atoms with E-state index >= 15 is 0 Å². The van der Waals surface area contributed by atoms with Crippen LogP contribution >= 0.6 is 11.8 Å². The Morgan fingerprint density at radius 1 is 1.26 bits per heavy atom. The van der Waals surface area contributed by atoms with Crippen LogP contribution in [0.3, 0.4) is 0 Å². The molecule has 6 heteroatoms. The van der Waals surface area contributed by atoms with Gasteiger partial charge in [0.15, 0.2) is 5.96 Å². The van der Waals surface area contributed by atoms with Gasteiger partial charge in [-0.15, -0.1) is 0 Å². The number of hydrogen-bond donors (Lipinski definition) is 2. The quantitative estimate of drug-likeness (QED) is 0.532. The Bertz CT molecular complexity index is 708. The second kappa shape index (κ2) is 9.74. The number of thioether (sulfide) groups is 1. The second-order valence-electron chi connectivity index (χ2n) is 7.02. The summed E-state index contributed by atoms with van der Waals surface area (Å²) in [7, 11) is 1.68. The number of rotatable bonds is 8. The van der Waals surface area contributed by atoms with Crippen LogP contribution in [0.2, 0.25) is 0 Å². The molecule has 3 rings (SSSR count). The van der Waals surface area contributed by atoms with Gasteiger partial charge in [-0.3, -0.25) is 0 Å². The smallest absolute Gasteiger partial charge is 0.191 e. The third kappa shape index (κ3) is 6.24. The fourth-order valence-corrected chi connectivity index (χ4v) is 4.33. The maximum absolute atomic E-state index is 5.41. The topological polar surface area (TPSA) is 58.8 Å². The van der Waals surface area contributed by atoms with E-state index in [4.69, 9.17) is 14.1 Å². The lowest BCUT2D eigenvalue weighted by molar-refractivity contribution is 0.414. The molecule has 0 radical (unpaired) electrons. The van der Waals surface area contributed by atoms with Crippen molar-refractivity contribution in [2.75, 3.05) is 26.0 Å². The highest BCUT2D eigenvalue weighted by Crippen LogP contribution is 2.36. The molecule has 1 atom stereocenters. The van der Waals surface area contributed by atoms with Crippen molar-refractivity contribution in [1.82, 2.24) is 10.6 Å². The minimum atomic E-state index is 0.295. The molecule has 1 saturated heterocycles. The maximum Gasteiger partial charge on any atom is 0.191 e. The van der Waals surface area contributed by atoms with Gasteiger partial charge in [-0.05, 0) is 55.3 Å². The standard InChI is InChI=1S/C21H29N3O2S/c1-21(11-4-14-27-21)16-24-20(22-12-10-19-5-3-13-26-19)23-15-17-6-8-18(25-2)9-7-17/h3,5-9,13H,4,10-12,14-16H2,1-2H3,(H2,22,23,24). The Morgan fingerprint density at radius 3 is 2.78 bits per heavy atom. The predicted molar refractivity (Wildman–Crippen MR) is 113 cm³/mol. The lowest BCUT2D eigenvalue weighted by Gasteiger charge is -2.24. The normalized spacial score (nSPS) is 19.9. The van der Waals surface area contributed by atoms with Gasteiger partial charge in [0, 0.05) is 24.3 Å². The molecule has 1 unspecified atom stereocenters. The van der Waals surface area contributed by atoms with Gasteiger partial charge >= 0.3 is 0 Å². The van der Waals surface area contributed by atoms with E-state index in [2.05, 4.69) is 41.5 Å². The summed E-state index contributed by atoms with van der Waals surface area (Å²) in [6.45, 7) is 4.67. The first-order chi connectivity index (χ1) is 13.2. The zero-order valence-electron chi connectivity index (χ0n) is 16.2. The van der Waals surface area contributed by atoms with Crippen molar-refractivity contribution in [1.29, 1.82) is 0 Å². The Hall–Kier alpha value is -2.08. The molecule has 0 amide bonds. The van der Waals surface area contributed by atoms with Crippen molar-refractivity contribution in [3.05, 3.63) is 54.0 Å². The van der Waals surface area contributed by atoms with Crippen molar-refractivity contribution in [2.24, 2.45) is 4.99 Å². The minimum Gasteiger partial charge on any atom is -0.497 e. The first kappa shape index (κ1) is 19.7. The van der Waals surface area contributed by atoms with Gasteiger partial charge in [0.25, 0.3) is 0 Å². The lowest BCUT2D eigenvalue weighted by Crippen LogP contribution is -2.44. The van der Waals surface area contributed by atoms with Gasteiger partial charge in [-0.2, -0.15) is 11.8 Å². The number of methoxy groups -OCH3 is 1. The highest BCUT2D eigenvalue weighted by Gasteiger charge is 2.29. The summed E-state index contributed by atoms with van der Waals surface area (Å²) in [5, 5.41) is 6.97. The molecule has 1 fully saturated rings. The van der Waals surface area contributed by atoms with Crippen LogP contribution in [0, 0.1) is 0 Å².